The largest absolute Gasteiger partial charge is 0.399 e. The number of nitrogens with two attached hydrogens (primary N) is 1. The van der Waals surface area contributed by atoms with Gasteiger partial charge in [0, 0.05) is 5.69 Å². The molecule has 1 rings (SSSR count). The van der Waals surface area contributed by atoms with Gasteiger partial charge in [-0.2, -0.15) is 0 Å². The van der Waals surface area contributed by atoms with Crippen LogP contribution in [-0.4, -0.2) is 0 Å². The number of rotatable bonds is 0. The minimum Gasteiger partial charge on any atom is -0.399 e. The van der Waals surface area contributed by atoms with Gasteiger partial charge in [0.15, 0.2) is 11.6 Å². The Hall–Kier alpha value is -0.540. The third kappa shape index (κ3) is 2.20. The fourth-order valence-corrected chi connectivity index (χ4v) is 0.791. The van der Waals surface area contributed by atoms with Crippen LogP contribution in [0.3, 0.4) is 0 Å². The fraction of sp³-hybridized carbons (Fsp3) is 0. The highest BCUT2D eigenvalue weighted by Crippen LogP contribution is 2.20. The van der Waals surface area contributed by atoms with Gasteiger partial charge in [0.1, 0.15) is 0 Å². The van der Waals surface area contributed by atoms with E-state index in [1.165, 1.54) is 0 Å². The Morgan fingerprint density at radius 2 is 1.82 bits per heavy atom. The van der Waals surface area contributed by atoms with Crippen molar-refractivity contribution in [3.63, 3.8) is 0 Å². The van der Waals surface area contributed by atoms with Gasteiger partial charge in [-0.3, -0.25) is 0 Å². The topological polar surface area (TPSA) is 26.0 Å². The summed E-state index contributed by atoms with van der Waals surface area (Å²) in [6.45, 7) is 0. The third-order valence-electron chi connectivity index (χ3n) is 1.01. The van der Waals surface area contributed by atoms with Crippen LogP contribution in [0.2, 0.25) is 5.02 Å². The van der Waals surface area contributed by atoms with Gasteiger partial charge in [-0.05, 0) is 12.1 Å². The molecule has 0 aromatic heterocycles. The smallest absolute Gasteiger partial charge is 0.177 e. The first-order chi connectivity index (χ1) is 4.61. The van der Waals surface area contributed by atoms with Crippen LogP contribution >= 0.6 is 24.0 Å². The summed E-state index contributed by atoms with van der Waals surface area (Å²) in [5.74, 6) is -2.08. The molecule has 0 atom stereocenters. The summed E-state index contributed by atoms with van der Waals surface area (Å²) in [7, 11) is 0. The van der Waals surface area contributed by atoms with Crippen molar-refractivity contribution in [2.45, 2.75) is 0 Å². The molecular weight excluding hydrogens is 195 g/mol. The van der Waals surface area contributed by atoms with E-state index >= 15 is 0 Å². The summed E-state index contributed by atoms with van der Waals surface area (Å²) in [6.07, 6.45) is 0. The molecule has 62 valence electrons. The van der Waals surface area contributed by atoms with Crippen LogP contribution in [0.1, 0.15) is 0 Å². The maximum atomic E-state index is 12.3. The van der Waals surface area contributed by atoms with Gasteiger partial charge in [0.25, 0.3) is 0 Å². The zero-order valence-electron chi connectivity index (χ0n) is 5.27. The lowest BCUT2D eigenvalue weighted by atomic mass is 10.3. The van der Waals surface area contributed by atoms with Crippen LogP contribution in [0, 0.1) is 11.6 Å². The van der Waals surface area contributed by atoms with Crippen molar-refractivity contribution in [1.82, 2.24) is 0 Å². The number of halogens is 4. The third-order valence-corrected chi connectivity index (χ3v) is 1.28. The van der Waals surface area contributed by atoms with Crippen molar-refractivity contribution in [1.29, 1.82) is 0 Å². The normalized spacial score (nSPS) is 9.00. The molecule has 0 bridgehead atoms. The van der Waals surface area contributed by atoms with Crippen molar-refractivity contribution in [2.24, 2.45) is 0 Å². The van der Waals surface area contributed by atoms with E-state index in [0.29, 0.717) is 0 Å². The van der Waals surface area contributed by atoms with E-state index < -0.39 is 11.6 Å². The van der Waals surface area contributed by atoms with Gasteiger partial charge in [-0.1, -0.05) is 11.6 Å². The van der Waals surface area contributed by atoms with Gasteiger partial charge in [-0.25, -0.2) is 8.78 Å². The first-order valence-corrected chi connectivity index (χ1v) is 2.89. The second kappa shape index (κ2) is 3.74. The molecule has 1 nitrogen and oxygen atoms in total. The number of hydrogen-bond donors (Lipinski definition) is 1. The summed E-state index contributed by atoms with van der Waals surface area (Å²) >= 11 is 5.22. The summed E-state index contributed by atoms with van der Waals surface area (Å²) in [6, 6.07) is 2.03. The van der Waals surface area contributed by atoms with Crippen LogP contribution in [0.5, 0.6) is 0 Å². The van der Waals surface area contributed by atoms with Crippen molar-refractivity contribution >= 4 is 29.7 Å². The molecule has 0 amide bonds. The zero-order valence-corrected chi connectivity index (χ0v) is 6.85. The molecule has 1 aromatic rings. The lowest BCUT2D eigenvalue weighted by Crippen LogP contribution is -1.90. The molecule has 0 saturated heterocycles. The molecule has 0 spiro atoms. The van der Waals surface area contributed by atoms with Gasteiger partial charge >= 0.3 is 0 Å². The van der Waals surface area contributed by atoms with E-state index in [4.69, 9.17) is 17.3 Å². The lowest BCUT2D eigenvalue weighted by Gasteiger charge is -1.96. The van der Waals surface area contributed by atoms with E-state index in [2.05, 4.69) is 0 Å². The van der Waals surface area contributed by atoms with E-state index in [9.17, 15) is 8.78 Å². The second-order valence-corrected chi connectivity index (χ2v) is 2.21. The van der Waals surface area contributed by atoms with E-state index in [0.717, 1.165) is 12.1 Å². The second-order valence-electron chi connectivity index (χ2n) is 1.80. The van der Waals surface area contributed by atoms with Crippen LogP contribution < -0.4 is 5.73 Å². The highest BCUT2D eigenvalue weighted by molar-refractivity contribution is 6.31. The van der Waals surface area contributed by atoms with Crippen LogP contribution in [-0.2, 0) is 0 Å². The number of anilines is 1. The molecule has 1 aromatic carbocycles. The molecule has 0 aliphatic carbocycles. The standard InChI is InChI=1S/C6H4ClF2N.ClH/c7-4-1-3(10)2-5(8)6(4)9;/h1-2H,10H2;1H. The Balaban J connectivity index is 0.000001000. The molecule has 11 heavy (non-hydrogen) atoms. The van der Waals surface area contributed by atoms with Crippen molar-refractivity contribution in [2.75, 3.05) is 5.73 Å². The molecule has 0 unspecified atom stereocenters. The van der Waals surface area contributed by atoms with Crippen molar-refractivity contribution in [3.05, 3.63) is 28.8 Å². The first kappa shape index (κ1) is 10.5. The predicted molar refractivity (Wildman–Crippen MR) is 43.0 cm³/mol. The Morgan fingerprint density at radius 3 is 2.27 bits per heavy atom. The highest BCUT2D eigenvalue weighted by Gasteiger charge is 2.06. The average molecular weight is 200 g/mol. The molecule has 0 aliphatic rings. The Bertz CT molecular complexity index is 242. The summed E-state index contributed by atoms with van der Waals surface area (Å²) in [5.41, 5.74) is 5.25. The molecule has 2 N–H and O–H groups in total. The number of benzene rings is 1. The predicted octanol–water partition coefficient (Wildman–Crippen LogP) is 2.62. The Kier molecular flexibility index (Phi) is 3.55. The van der Waals surface area contributed by atoms with Gasteiger partial charge in [-0.15, -0.1) is 12.4 Å². The first-order valence-electron chi connectivity index (χ1n) is 2.51. The summed E-state index contributed by atoms with van der Waals surface area (Å²) in [4.78, 5) is 0. The van der Waals surface area contributed by atoms with Crippen LogP contribution in [0.15, 0.2) is 12.1 Å². The van der Waals surface area contributed by atoms with E-state index in [-0.39, 0.29) is 23.1 Å². The molecule has 5 heteroatoms. The average Bonchev–Trinajstić information content (AvgIpc) is 1.82. The van der Waals surface area contributed by atoms with Crippen molar-refractivity contribution < 1.29 is 8.78 Å². The number of hydrogen-bond acceptors (Lipinski definition) is 1. The minimum absolute atomic E-state index is 0. The molecular formula is C6H5Cl2F2N. The quantitative estimate of drug-likeness (QED) is 0.505. The number of nitrogen functional groups attached to an aromatic ring is 1. The van der Waals surface area contributed by atoms with Crippen LogP contribution in [0.4, 0.5) is 14.5 Å². The highest BCUT2D eigenvalue weighted by atomic mass is 35.5. The van der Waals surface area contributed by atoms with Crippen LogP contribution in [0.25, 0.3) is 0 Å². The molecule has 0 radical (unpaired) electrons. The van der Waals surface area contributed by atoms with E-state index in [1.54, 1.807) is 0 Å². The summed E-state index contributed by atoms with van der Waals surface area (Å²) in [5, 5.41) is -0.294. The van der Waals surface area contributed by atoms with Gasteiger partial charge in [0.05, 0.1) is 5.02 Å². The molecule has 0 heterocycles. The summed E-state index contributed by atoms with van der Waals surface area (Å²) < 4.78 is 24.6. The molecule has 0 saturated carbocycles. The zero-order chi connectivity index (χ0) is 7.72. The maximum absolute atomic E-state index is 12.3. The Morgan fingerprint density at radius 1 is 1.27 bits per heavy atom. The molecule has 0 aliphatic heterocycles. The SMILES string of the molecule is Cl.Nc1cc(F)c(F)c(Cl)c1. The van der Waals surface area contributed by atoms with E-state index in [1.807, 2.05) is 0 Å². The van der Waals surface area contributed by atoms with Gasteiger partial charge < -0.3 is 5.73 Å². The fourth-order valence-electron chi connectivity index (χ4n) is 0.575. The Labute approximate surface area is 73.6 Å². The van der Waals surface area contributed by atoms with Crippen molar-refractivity contribution in [3.8, 4) is 0 Å². The monoisotopic (exact) mass is 199 g/mol. The minimum atomic E-state index is -1.06. The lowest BCUT2D eigenvalue weighted by molar-refractivity contribution is 0.509. The maximum Gasteiger partial charge on any atom is 0.177 e. The molecule has 0 fully saturated rings. The van der Waals surface area contributed by atoms with Gasteiger partial charge in [0.2, 0.25) is 0 Å².